The van der Waals surface area contributed by atoms with Gasteiger partial charge in [0.2, 0.25) is 0 Å². The third-order valence-electron chi connectivity index (χ3n) is 16.5. The molecule has 2 unspecified atom stereocenters. The maximum absolute atomic E-state index is 13.0. The summed E-state index contributed by atoms with van der Waals surface area (Å²) < 4.78 is 68.2. The van der Waals surface area contributed by atoms with Crippen LogP contribution in [-0.4, -0.2) is 96.7 Å². The van der Waals surface area contributed by atoms with E-state index in [0.717, 1.165) is 95.8 Å². The molecule has 90 heavy (non-hydrogen) atoms. The van der Waals surface area contributed by atoms with E-state index in [-0.39, 0.29) is 25.7 Å². The van der Waals surface area contributed by atoms with Gasteiger partial charge in [-0.1, -0.05) is 317 Å². The number of hydrogen-bond acceptors (Lipinski definition) is 15. The van der Waals surface area contributed by atoms with Gasteiger partial charge in [-0.15, -0.1) is 0 Å². The molecule has 0 heterocycles. The largest absolute Gasteiger partial charge is 0.472 e. The highest BCUT2D eigenvalue weighted by molar-refractivity contribution is 7.47. The van der Waals surface area contributed by atoms with Crippen molar-refractivity contribution in [2.45, 2.75) is 387 Å². The lowest BCUT2D eigenvalue weighted by atomic mass is 10.0. The molecule has 0 amide bonds. The number of aliphatic hydroxyl groups excluding tert-OH is 1. The molecule has 19 heteroatoms. The van der Waals surface area contributed by atoms with Crippen molar-refractivity contribution in [3.8, 4) is 0 Å². The summed E-state index contributed by atoms with van der Waals surface area (Å²) in [6, 6.07) is 0. The summed E-state index contributed by atoms with van der Waals surface area (Å²) in [6.07, 6.45) is 51.3. The first-order chi connectivity index (χ1) is 43.5. The van der Waals surface area contributed by atoms with Gasteiger partial charge in [-0.2, -0.15) is 0 Å². The van der Waals surface area contributed by atoms with Crippen LogP contribution in [0.15, 0.2) is 0 Å². The highest BCUT2D eigenvalue weighted by atomic mass is 31.2. The lowest BCUT2D eigenvalue weighted by Crippen LogP contribution is -2.30. The third kappa shape index (κ3) is 64.8. The van der Waals surface area contributed by atoms with Gasteiger partial charge < -0.3 is 33.8 Å². The number of ether oxygens (including phenoxy) is 4. The number of phosphoric ester groups is 2. The van der Waals surface area contributed by atoms with E-state index in [1.54, 1.807) is 0 Å². The Hall–Kier alpha value is -1.94. The molecule has 0 aromatic rings. The van der Waals surface area contributed by atoms with E-state index in [1.807, 2.05) is 0 Å². The molecule has 0 saturated carbocycles. The fourth-order valence-corrected chi connectivity index (χ4v) is 12.4. The smallest absolute Gasteiger partial charge is 0.462 e. The number of hydrogen-bond donors (Lipinski definition) is 3. The molecule has 17 nitrogen and oxygen atoms in total. The third-order valence-corrected chi connectivity index (χ3v) is 18.4. The molecule has 0 aromatic carbocycles. The average Bonchev–Trinajstić information content (AvgIpc) is 3.72. The van der Waals surface area contributed by atoms with Gasteiger partial charge in [0.05, 0.1) is 26.4 Å². The van der Waals surface area contributed by atoms with Crippen molar-refractivity contribution in [2.24, 2.45) is 5.92 Å². The molecule has 5 atom stereocenters. The number of unbranched alkanes of at least 4 members (excludes halogenated alkanes) is 43. The van der Waals surface area contributed by atoms with Gasteiger partial charge in [0.25, 0.3) is 0 Å². The highest BCUT2D eigenvalue weighted by Crippen LogP contribution is 2.45. The molecule has 0 aliphatic rings. The van der Waals surface area contributed by atoms with E-state index in [9.17, 15) is 43.2 Å². The lowest BCUT2D eigenvalue weighted by molar-refractivity contribution is -0.161. The molecular formula is C71H138O17P2. The molecule has 0 fully saturated rings. The van der Waals surface area contributed by atoms with Crippen LogP contribution in [0.5, 0.6) is 0 Å². The Kier molecular flexibility index (Phi) is 63.0. The fourth-order valence-electron chi connectivity index (χ4n) is 10.8. The maximum Gasteiger partial charge on any atom is 0.472 e. The van der Waals surface area contributed by atoms with Crippen LogP contribution in [-0.2, 0) is 65.4 Å². The monoisotopic (exact) mass is 1320 g/mol. The van der Waals surface area contributed by atoms with Crippen LogP contribution >= 0.6 is 15.6 Å². The molecule has 534 valence electrons. The number of carbonyl (C=O) groups is 4. The predicted molar refractivity (Wildman–Crippen MR) is 363 cm³/mol. The van der Waals surface area contributed by atoms with E-state index < -0.39 is 97.5 Å². The van der Waals surface area contributed by atoms with Crippen LogP contribution in [0.3, 0.4) is 0 Å². The van der Waals surface area contributed by atoms with Crippen LogP contribution in [0, 0.1) is 5.92 Å². The Labute approximate surface area is 549 Å². The zero-order valence-electron chi connectivity index (χ0n) is 58.3. The van der Waals surface area contributed by atoms with E-state index >= 15 is 0 Å². The maximum atomic E-state index is 13.0. The van der Waals surface area contributed by atoms with Crippen LogP contribution in [0.1, 0.15) is 369 Å². The molecule has 0 aliphatic heterocycles. The minimum absolute atomic E-state index is 0.106. The van der Waals surface area contributed by atoms with E-state index in [4.69, 9.17) is 37.0 Å². The molecule has 0 rings (SSSR count). The number of carbonyl (C=O) groups excluding carboxylic acids is 4. The summed E-state index contributed by atoms with van der Waals surface area (Å²) >= 11 is 0. The summed E-state index contributed by atoms with van der Waals surface area (Å²) in [6.45, 7) is 7.25. The Bertz CT molecular complexity index is 1740. The SMILES string of the molecule is CCCCCCCCCCCCCCCCCC(=O)OC[C@H](COP(=O)(O)OC[C@@H](O)COP(=O)(O)OC[C@@H](COC(=O)CCCCCCCCCCC)OC(=O)CCCCCCCCCCC)OC(=O)CCCCCCCCCCCCCCCCC(C)C. The van der Waals surface area contributed by atoms with Crippen molar-refractivity contribution in [1.29, 1.82) is 0 Å². The first-order valence-corrected chi connectivity index (χ1v) is 40.1. The standard InChI is InChI=1S/C71H138O17P2/c1-6-9-12-15-18-21-22-23-24-28-31-36-40-45-50-55-69(74)82-61-67(88-71(76)57-52-47-42-37-32-29-26-25-27-30-35-38-43-48-53-64(4)5)63-86-90(79,80)84-59-65(72)58-83-89(77,78)85-62-66(87-70(75)56-51-46-41-34-20-17-14-11-8-3)60-81-68(73)54-49-44-39-33-19-16-13-10-7-2/h64-67,72H,6-63H2,1-5H3,(H,77,78)(H,79,80)/t65-,66+,67+/m0/s1. The molecular weight excluding hydrogens is 1190 g/mol. The van der Waals surface area contributed by atoms with Crippen molar-refractivity contribution in [3.63, 3.8) is 0 Å². The lowest BCUT2D eigenvalue weighted by Gasteiger charge is -2.21. The normalized spacial score (nSPS) is 14.1. The summed E-state index contributed by atoms with van der Waals surface area (Å²) in [5.41, 5.74) is 0. The molecule has 0 saturated heterocycles. The van der Waals surface area contributed by atoms with Crippen molar-refractivity contribution < 1.29 is 80.2 Å². The van der Waals surface area contributed by atoms with Gasteiger partial charge in [0, 0.05) is 25.7 Å². The van der Waals surface area contributed by atoms with Crippen molar-refractivity contribution >= 4 is 39.5 Å². The van der Waals surface area contributed by atoms with Crippen LogP contribution in [0.2, 0.25) is 0 Å². The fraction of sp³-hybridized carbons (Fsp3) is 0.944. The Morgan fingerprint density at radius 2 is 0.511 bits per heavy atom. The van der Waals surface area contributed by atoms with Gasteiger partial charge in [-0.3, -0.25) is 37.3 Å². The first-order valence-electron chi connectivity index (χ1n) is 37.1. The quantitative estimate of drug-likeness (QED) is 0.0222. The minimum Gasteiger partial charge on any atom is -0.462 e. The molecule has 0 aromatic heterocycles. The minimum atomic E-state index is -4.95. The van der Waals surface area contributed by atoms with Crippen LogP contribution in [0.25, 0.3) is 0 Å². The predicted octanol–water partition coefficient (Wildman–Crippen LogP) is 20.5. The molecule has 0 bridgehead atoms. The summed E-state index contributed by atoms with van der Waals surface area (Å²) in [4.78, 5) is 72.5. The Balaban J connectivity index is 5.20. The summed E-state index contributed by atoms with van der Waals surface area (Å²) in [7, 11) is -9.89. The molecule has 3 N–H and O–H groups in total. The van der Waals surface area contributed by atoms with Crippen LogP contribution in [0.4, 0.5) is 0 Å². The second-order valence-electron chi connectivity index (χ2n) is 26.1. The van der Waals surface area contributed by atoms with Crippen molar-refractivity contribution in [3.05, 3.63) is 0 Å². The molecule has 0 aliphatic carbocycles. The van der Waals surface area contributed by atoms with Crippen molar-refractivity contribution in [2.75, 3.05) is 39.6 Å². The molecule has 0 spiro atoms. The first kappa shape index (κ1) is 88.1. The second-order valence-corrected chi connectivity index (χ2v) is 29.0. The summed E-state index contributed by atoms with van der Waals surface area (Å²) in [5.74, 6) is -1.33. The Morgan fingerprint density at radius 1 is 0.300 bits per heavy atom. The van der Waals surface area contributed by atoms with Gasteiger partial charge >= 0.3 is 39.5 Å². The van der Waals surface area contributed by atoms with E-state index in [0.29, 0.717) is 25.7 Å². The zero-order chi connectivity index (χ0) is 66.3. The van der Waals surface area contributed by atoms with Gasteiger partial charge in [0.15, 0.2) is 12.2 Å². The van der Waals surface area contributed by atoms with Crippen LogP contribution < -0.4 is 0 Å². The topological polar surface area (TPSA) is 237 Å². The van der Waals surface area contributed by atoms with Crippen molar-refractivity contribution in [1.82, 2.24) is 0 Å². The highest BCUT2D eigenvalue weighted by Gasteiger charge is 2.30. The van der Waals surface area contributed by atoms with E-state index in [1.165, 1.54) is 193 Å². The summed E-state index contributed by atoms with van der Waals surface area (Å²) in [5, 5.41) is 10.6. The number of phosphoric acid groups is 2. The average molecular weight is 1330 g/mol. The van der Waals surface area contributed by atoms with Gasteiger partial charge in [-0.05, 0) is 31.6 Å². The number of rotatable bonds is 71. The van der Waals surface area contributed by atoms with Gasteiger partial charge in [0.1, 0.15) is 19.3 Å². The number of aliphatic hydroxyl groups is 1. The van der Waals surface area contributed by atoms with E-state index in [2.05, 4.69) is 34.6 Å². The molecule has 0 radical (unpaired) electrons. The number of esters is 4. The van der Waals surface area contributed by atoms with Gasteiger partial charge in [-0.25, -0.2) is 9.13 Å². The second kappa shape index (κ2) is 64.4. The zero-order valence-corrected chi connectivity index (χ0v) is 60.1. The Morgan fingerprint density at radius 3 is 0.756 bits per heavy atom.